The van der Waals surface area contributed by atoms with Crippen LogP contribution in [0.25, 0.3) is 0 Å². The molecule has 2 aromatic rings. The number of hydrogen-bond acceptors (Lipinski definition) is 3. The number of carbonyl (C=O) groups is 2. The molecule has 1 aliphatic carbocycles. The van der Waals surface area contributed by atoms with E-state index in [4.69, 9.17) is 5.73 Å². The maximum absolute atomic E-state index is 12.0. The van der Waals surface area contributed by atoms with Crippen molar-refractivity contribution < 1.29 is 9.59 Å². The van der Waals surface area contributed by atoms with Crippen molar-refractivity contribution in [2.45, 2.75) is 18.8 Å². The predicted molar refractivity (Wildman–Crippen MR) is 78.2 cm³/mol. The summed E-state index contributed by atoms with van der Waals surface area (Å²) in [5, 5.41) is 12.1. The van der Waals surface area contributed by atoms with Gasteiger partial charge in [0.15, 0.2) is 5.69 Å². The third kappa shape index (κ3) is 3.19. The fourth-order valence-electron chi connectivity index (χ4n) is 2.03. The van der Waals surface area contributed by atoms with Crippen LogP contribution >= 0.6 is 0 Å². The van der Waals surface area contributed by atoms with Gasteiger partial charge in [0.05, 0.1) is 0 Å². The molecule has 0 saturated heterocycles. The molecule has 0 spiro atoms. The molecule has 7 heteroatoms. The Hall–Kier alpha value is -2.83. The van der Waals surface area contributed by atoms with Crippen molar-refractivity contribution in [3.8, 4) is 0 Å². The number of anilines is 2. The number of carbonyl (C=O) groups excluding carboxylic acids is 2. The molecular formula is C14H15N5O2. The van der Waals surface area contributed by atoms with Gasteiger partial charge in [0.25, 0.3) is 5.91 Å². The maximum Gasteiger partial charge on any atom is 0.316 e. The highest BCUT2D eigenvalue weighted by Gasteiger charge is 2.26. The fourth-order valence-corrected chi connectivity index (χ4v) is 2.03. The number of benzene rings is 1. The Bertz CT molecular complexity index is 673. The Morgan fingerprint density at radius 1 is 1.14 bits per heavy atom. The van der Waals surface area contributed by atoms with E-state index in [1.807, 2.05) is 0 Å². The second-order valence-electron chi connectivity index (χ2n) is 5.00. The van der Waals surface area contributed by atoms with Crippen molar-refractivity contribution >= 4 is 23.3 Å². The molecule has 5 N–H and O–H groups in total. The second kappa shape index (κ2) is 5.28. The first-order chi connectivity index (χ1) is 10.1. The minimum Gasteiger partial charge on any atom is -0.351 e. The predicted octanol–water partition coefficient (Wildman–Crippen LogP) is 2.03. The number of hydrogen-bond donors (Lipinski definition) is 4. The van der Waals surface area contributed by atoms with E-state index >= 15 is 0 Å². The molecule has 0 aliphatic heterocycles. The smallest absolute Gasteiger partial charge is 0.316 e. The first-order valence-electron chi connectivity index (χ1n) is 6.65. The summed E-state index contributed by atoms with van der Waals surface area (Å²) in [5.41, 5.74) is 7.59. The number of nitrogens with one attached hydrogen (secondary N) is 3. The lowest BCUT2D eigenvalue weighted by Crippen LogP contribution is -2.19. The highest BCUT2D eigenvalue weighted by molar-refractivity contribution is 6.03. The molecule has 0 unspecified atom stereocenters. The SMILES string of the molecule is NC(=O)Nc1ccc(NC(=O)c2cc(C3CC3)[nH]n2)cc1. The van der Waals surface area contributed by atoms with E-state index in [2.05, 4.69) is 20.8 Å². The van der Waals surface area contributed by atoms with Crippen molar-refractivity contribution in [2.24, 2.45) is 5.73 Å². The Morgan fingerprint density at radius 2 is 1.76 bits per heavy atom. The molecule has 3 amide bonds. The number of rotatable bonds is 4. The van der Waals surface area contributed by atoms with Gasteiger partial charge in [-0.15, -0.1) is 0 Å². The average molecular weight is 285 g/mol. The van der Waals surface area contributed by atoms with Gasteiger partial charge in [-0.3, -0.25) is 9.89 Å². The van der Waals surface area contributed by atoms with Gasteiger partial charge in [-0.25, -0.2) is 4.79 Å². The van der Waals surface area contributed by atoms with Crippen molar-refractivity contribution in [3.05, 3.63) is 41.7 Å². The number of amides is 3. The van der Waals surface area contributed by atoms with Crippen LogP contribution in [0.5, 0.6) is 0 Å². The van der Waals surface area contributed by atoms with E-state index in [-0.39, 0.29) is 5.91 Å². The van der Waals surface area contributed by atoms with Crippen LogP contribution in [0.4, 0.5) is 16.2 Å². The molecule has 1 heterocycles. The van der Waals surface area contributed by atoms with E-state index < -0.39 is 6.03 Å². The number of aromatic nitrogens is 2. The van der Waals surface area contributed by atoms with Gasteiger partial charge in [-0.1, -0.05) is 0 Å². The summed E-state index contributed by atoms with van der Waals surface area (Å²) in [5.74, 6) is 0.256. The van der Waals surface area contributed by atoms with E-state index in [9.17, 15) is 9.59 Å². The third-order valence-corrected chi connectivity index (χ3v) is 3.26. The normalized spacial score (nSPS) is 13.7. The number of urea groups is 1. The number of nitrogens with zero attached hydrogens (tertiary/aromatic N) is 1. The van der Waals surface area contributed by atoms with Crippen molar-refractivity contribution in [2.75, 3.05) is 10.6 Å². The molecule has 7 nitrogen and oxygen atoms in total. The molecule has 1 fully saturated rings. The van der Waals surface area contributed by atoms with Gasteiger partial charge >= 0.3 is 6.03 Å². The molecule has 21 heavy (non-hydrogen) atoms. The molecule has 1 aromatic heterocycles. The quantitative estimate of drug-likeness (QED) is 0.689. The van der Waals surface area contributed by atoms with Gasteiger partial charge < -0.3 is 16.4 Å². The van der Waals surface area contributed by atoms with Crippen molar-refractivity contribution in [1.82, 2.24) is 10.2 Å². The minimum atomic E-state index is -0.629. The van der Waals surface area contributed by atoms with Crippen LogP contribution in [0.15, 0.2) is 30.3 Å². The highest BCUT2D eigenvalue weighted by atomic mass is 16.2. The average Bonchev–Trinajstić information content (AvgIpc) is 3.18. The van der Waals surface area contributed by atoms with Gasteiger partial charge in [-0.05, 0) is 43.2 Å². The van der Waals surface area contributed by atoms with Crippen molar-refractivity contribution in [3.63, 3.8) is 0 Å². The number of nitrogens with two attached hydrogens (primary N) is 1. The van der Waals surface area contributed by atoms with Gasteiger partial charge in [0.1, 0.15) is 0 Å². The standard InChI is InChI=1S/C14H15N5O2/c15-14(21)17-10-5-3-9(4-6-10)16-13(20)12-7-11(18-19-12)8-1-2-8/h3-8H,1-2H2,(H,16,20)(H,18,19)(H3,15,17,21). The molecule has 3 rings (SSSR count). The molecule has 0 atom stereocenters. The third-order valence-electron chi connectivity index (χ3n) is 3.26. The highest BCUT2D eigenvalue weighted by Crippen LogP contribution is 2.39. The van der Waals surface area contributed by atoms with Crippen LogP contribution in [0.2, 0.25) is 0 Å². The number of H-pyrrole nitrogens is 1. The number of primary amides is 1. The summed E-state index contributed by atoms with van der Waals surface area (Å²) in [6.45, 7) is 0. The number of aromatic amines is 1. The van der Waals surface area contributed by atoms with Crippen LogP contribution in [0, 0.1) is 0 Å². The Morgan fingerprint density at radius 3 is 2.33 bits per heavy atom. The summed E-state index contributed by atoms with van der Waals surface area (Å²) >= 11 is 0. The molecule has 1 saturated carbocycles. The van der Waals surface area contributed by atoms with Crippen molar-refractivity contribution in [1.29, 1.82) is 0 Å². The molecule has 1 aromatic carbocycles. The van der Waals surface area contributed by atoms with E-state index in [1.54, 1.807) is 30.3 Å². The van der Waals surface area contributed by atoms with E-state index in [1.165, 1.54) is 0 Å². The lowest BCUT2D eigenvalue weighted by molar-refractivity contribution is 0.102. The van der Waals surface area contributed by atoms with Gasteiger partial charge in [0, 0.05) is 23.0 Å². The van der Waals surface area contributed by atoms with Gasteiger partial charge in [0.2, 0.25) is 0 Å². The zero-order valence-corrected chi connectivity index (χ0v) is 11.2. The first-order valence-corrected chi connectivity index (χ1v) is 6.65. The molecule has 0 bridgehead atoms. The summed E-state index contributed by atoms with van der Waals surface area (Å²) < 4.78 is 0. The Balaban J connectivity index is 1.64. The molecule has 1 aliphatic rings. The van der Waals surface area contributed by atoms with Crippen LogP contribution in [0.1, 0.15) is 34.9 Å². The summed E-state index contributed by atoms with van der Waals surface area (Å²) in [6.07, 6.45) is 2.30. The lowest BCUT2D eigenvalue weighted by Gasteiger charge is -2.05. The maximum atomic E-state index is 12.0. The topological polar surface area (TPSA) is 113 Å². The van der Waals surface area contributed by atoms with Gasteiger partial charge in [-0.2, -0.15) is 5.10 Å². The first kappa shape index (κ1) is 13.2. The van der Waals surface area contributed by atoms with E-state index in [0.29, 0.717) is 23.0 Å². The molecule has 0 radical (unpaired) electrons. The Kier molecular flexibility index (Phi) is 3.31. The largest absolute Gasteiger partial charge is 0.351 e. The molecule has 108 valence electrons. The fraction of sp³-hybridized carbons (Fsp3) is 0.214. The van der Waals surface area contributed by atoms with Crippen LogP contribution < -0.4 is 16.4 Å². The minimum absolute atomic E-state index is 0.270. The summed E-state index contributed by atoms with van der Waals surface area (Å²) in [4.78, 5) is 22.8. The Labute approximate surface area is 120 Å². The summed E-state index contributed by atoms with van der Waals surface area (Å²) in [7, 11) is 0. The van der Waals surface area contributed by atoms with E-state index in [0.717, 1.165) is 18.5 Å². The second-order valence-corrected chi connectivity index (χ2v) is 5.00. The van der Waals surface area contributed by atoms with Crippen LogP contribution in [-0.2, 0) is 0 Å². The van der Waals surface area contributed by atoms with Crippen LogP contribution in [0.3, 0.4) is 0 Å². The monoisotopic (exact) mass is 285 g/mol. The lowest BCUT2D eigenvalue weighted by atomic mass is 10.2. The zero-order chi connectivity index (χ0) is 14.8. The molecular weight excluding hydrogens is 270 g/mol. The zero-order valence-electron chi connectivity index (χ0n) is 11.2. The summed E-state index contributed by atoms with van der Waals surface area (Å²) in [6, 6.07) is 7.82. The van der Waals surface area contributed by atoms with Crippen LogP contribution in [-0.4, -0.2) is 22.1 Å².